The molecular weight excluding hydrogens is 326 g/mol. The van der Waals surface area contributed by atoms with Crippen molar-refractivity contribution >= 4 is 17.3 Å². The van der Waals surface area contributed by atoms with Crippen LogP contribution in [0.2, 0.25) is 0 Å². The molecule has 0 bridgehead atoms. The molecule has 1 aromatic heterocycles. The highest BCUT2D eigenvalue weighted by Crippen LogP contribution is 2.19. The van der Waals surface area contributed by atoms with Gasteiger partial charge in [0.05, 0.1) is 18.1 Å². The molecule has 9 heteroatoms. The summed E-state index contributed by atoms with van der Waals surface area (Å²) in [6.45, 7) is 3.95. The lowest BCUT2D eigenvalue weighted by Crippen LogP contribution is -2.35. The molecular formula is C16H19N5O4. The normalized spacial score (nSPS) is 15.1. The Labute approximate surface area is 144 Å². The Morgan fingerprint density at radius 1 is 1.40 bits per heavy atom. The minimum atomic E-state index is -0.614. The maximum Gasteiger partial charge on any atom is 0.320 e. The van der Waals surface area contributed by atoms with E-state index in [2.05, 4.69) is 15.3 Å². The van der Waals surface area contributed by atoms with Gasteiger partial charge in [-0.3, -0.25) is 24.5 Å². The second-order valence-corrected chi connectivity index (χ2v) is 5.84. The van der Waals surface area contributed by atoms with Gasteiger partial charge in [0.25, 0.3) is 5.91 Å². The molecule has 1 aromatic carbocycles. The van der Waals surface area contributed by atoms with Crippen molar-refractivity contribution in [3.63, 3.8) is 0 Å². The molecule has 2 heterocycles. The van der Waals surface area contributed by atoms with Crippen LogP contribution in [-0.2, 0) is 18.3 Å². The molecule has 9 nitrogen and oxygen atoms in total. The van der Waals surface area contributed by atoms with Crippen LogP contribution in [-0.4, -0.2) is 51.8 Å². The summed E-state index contributed by atoms with van der Waals surface area (Å²) in [5.41, 5.74) is 1.11. The predicted molar refractivity (Wildman–Crippen MR) is 90.4 cm³/mol. The molecule has 132 valence electrons. The van der Waals surface area contributed by atoms with E-state index in [0.29, 0.717) is 5.69 Å². The molecule has 0 aliphatic carbocycles. The minimum absolute atomic E-state index is 0.203. The van der Waals surface area contributed by atoms with E-state index in [-0.39, 0.29) is 11.4 Å². The molecule has 0 saturated carbocycles. The van der Waals surface area contributed by atoms with Crippen LogP contribution in [0.4, 0.5) is 11.4 Å². The van der Waals surface area contributed by atoms with Gasteiger partial charge in [0.2, 0.25) is 5.69 Å². The monoisotopic (exact) mass is 345 g/mol. The molecule has 1 aliphatic heterocycles. The lowest BCUT2D eigenvalue weighted by atomic mass is 10.1. The van der Waals surface area contributed by atoms with Gasteiger partial charge < -0.3 is 10.1 Å². The molecule has 0 atom stereocenters. The summed E-state index contributed by atoms with van der Waals surface area (Å²) in [4.78, 5) is 25.0. The SMILES string of the molecule is Cn1cc([N+](=O)[O-])c(C(=O)Nc2cccc(CN3CCOCC3)c2)n1. The van der Waals surface area contributed by atoms with Crippen LogP contribution in [0.5, 0.6) is 0 Å². The van der Waals surface area contributed by atoms with Gasteiger partial charge in [-0.15, -0.1) is 0 Å². The number of nitrogens with zero attached hydrogens (tertiary/aromatic N) is 4. The van der Waals surface area contributed by atoms with Crippen molar-refractivity contribution in [2.75, 3.05) is 31.6 Å². The van der Waals surface area contributed by atoms with Crippen LogP contribution in [0.1, 0.15) is 16.1 Å². The smallest absolute Gasteiger partial charge is 0.320 e. The van der Waals surface area contributed by atoms with Gasteiger partial charge >= 0.3 is 5.69 Å². The summed E-state index contributed by atoms with van der Waals surface area (Å²) in [6, 6.07) is 7.43. The van der Waals surface area contributed by atoms with Crippen LogP contribution in [0.25, 0.3) is 0 Å². The highest BCUT2D eigenvalue weighted by atomic mass is 16.6. The first-order valence-corrected chi connectivity index (χ1v) is 7.91. The van der Waals surface area contributed by atoms with Crippen molar-refractivity contribution in [3.05, 3.63) is 51.8 Å². The molecule has 0 spiro atoms. The Morgan fingerprint density at radius 3 is 2.88 bits per heavy atom. The number of hydrogen-bond acceptors (Lipinski definition) is 6. The average molecular weight is 345 g/mol. The van der Waals surface area contributed by atoms with Crippen LogP contribution < -0.4 is 5.32 Å². The van der Waals surface area contributed by atoms with Crippen LogP contribution in [0.15, 0.2) is 30.5 Å². The van der Waals surface area contributed by atoms with E-state index in [9.17, 15) is 14.9 Å². The Kier molecular flexibility index (Phi) is 5.05. The second kappa shape index (κ2) is 7.41. The number of hydrogen-bond donors (Lipinski definition) is 1. The van der Waals surface area contributed by atoms with Gasteiger partial charge in [-0.05, 0) is 17.7 Å². The number of nitro groups is 1. The number of rotatable bonds is 5. The Balaban J connectivity index is 1.71. The lowest BCUT2D eigenvalue weighted by molar-refractivity contribution is -0.385. The molecule has 3 rings (SSSR count). The minimum Gasteiger partial charge on any atom is -0.379 e. The Hall–Kier alpha value is -2.78. The van der Waals surface area contributed by atoms with Gasteiger partial charge in [0, 0.05) is 32.4 Å². The van der Waals surface area contributed by atoms with E-state index >= 15 is 0 Å². The Morgan fingerprint density at radius 2 is 2.16 bits per heavy atom. The number of amides is 1. The summed E-state index contributed by atoms with van der Waals surface area (Å²) in [7, 11) is 1.53. The van der Waals surface area contributed by atoms with Crippen LogP contribution in [0.3, 0.4) is 0 Å². The number of aromatic nitrogens is 2. The van der Waals surface area contributed by atoms with Gasteiger partial charge in [-0.25, -0.2) is 0 Å². The number of carbonyl (C=O) groups excluding carboxylic acids is 1. The largest absolute Gasteiger partial charge is 0.379 e. The van der Waals surface area contributed by atoms with Crippen molar-refractivity contribution in [2.45, 2.75) is 6.54 Å². The number of morpholine rings is 1. The second-order valence-electron chi connectivity index (χ2n) is 5.84. The molecule has 1 saturated heterocycles. The standard InChI is InChI=1S/C16H19N5O4/c1-19-11-14(21(23)24)15(18-19)16(22)17-13-4-2-3-12(9-13)10-20-5-7-25-8-6-20/h2-4,9,11H,5-8,10H2,1H3,(H,17,22). The van der Waals surface area contributed by atoms with Gasteiger partial charge in [0.1, 0.15) is 6.20 Å². The van der Waals surface area contributed by atoms with E-state index in [4.69, 9.17) is 4.74 Å². The molecule has 0 radical (unpaired) electrons. The molecule has 25 heavy (non-hydrogen) atoms. The highest BCUT2D eigenvalue weighted by Gasteiger charge is 2.25. The van der Waals surface area contributed by atoms with Crippen molar-refractivity contribution in [1.29, 1.82) is 0 Å². The zero-order valence-electron chi connectivity index (χ0n) is 13.8. The number of nitrogens with one attached hydrogen (secondary N) is 1. The van der Waals surface area contributed by atoms with Crippen molar-refractivity contribution in [2.24, 2.45) is 7.05 Å². The van der Waals surface area contributed by atoms with Crippen LogP contribution >= 0.6 is 0 Å². The highest BCUT2D eigenvalue weighted by molar-refractivity contribution is 6.05. The first-order valence-electron chi connectivity index (χ1n) is 7.91. The zero-order chi connectivity index (χ0) is 17.8. The fourth-order valence-corrected chi connectivity index (χ4v) is 2.73. The molecule has 0 unspecified atom stereocenters. The molecule has 1 fully saturated rings. The first-order chi connectivity index (χ1) is 12.0. The van der Waals surface area contributed by atoms with Gasteiger partial charge in [-0.2, -0.15) is 5.10 Å². The first kappa shape index (κ1) is 17.1. The zero-order valence-corrected chi connectivity index (χ0v) is 13.8. The van der Waals surface area contributed by atoms with Crippen molar-refractivity contribution in [3.8, 4) is 0 Å². The summed E-state index contributed by atoms with van der Waals surface area (Å²) >= 11 is 0. The molecule has 1 aliphatic rings. The quantitative estimate of drug-likeness (QED) is 0.649. The van der Waals surface area contributed by atoms with E-state index in [1.807, 2.05) is 18.2 Å². The summed E-state index contributed by atoms with van der Waals surface area (Å²) in [6.07, 6.45) is 1.21. The molecule has 1 N–H and O–H groups in total. The summed E-state index contributed by atoms with van der Waals surface area (Å²) < 4.78 is 6.58. The third-order valence-corrected chi connectivity index (χ3v) is 3.92. The van der Waals surface area contributed by atoms with Crippen molar-refractivity contribution < 1.29 is 14.5 Å². The number of benzene rings is 1. The van der Waals surface area contributed by atoms with Crippen molar-refractivity contribution in [1.82, 2.24) is 14.7 Å². The fourth-order valence-electron chi connectivity index (χ4n) is 2.73. The van der Waals surface area contributed by atoms with Gasteiger partial charge in [-0.1, -0.05) is 12.1 Å². The average Bonchev–Trinajstić information content (AvgIpc) is 2.98. The Bertz CT molecular complexity index is 783. The van der Waals surface area contributed by atoms with Crippen LogP contribution in [0, 0.1) is 10.1 Å². The third-order valence-electron chi connectivity index (χ3n) is 3.92. The summed E-state index contributed by atoms with van der Waals surface area (Å²) in [5.74, 6) is -0.601. The maximum absolute atomic E-state index is 12.3. The van der Waals surface area contributed by atoms with E-state index in [1.165, 1.54) is 17.9 Å². The van der Waals surface area contributed by atoms with E-state index in [1.54, 1.807) is 6.07 Å². The maximum atomic E-state index is 12.3. The van der Waals surface area contributed by atoms with E-state index < -0.39 is 10.8 Å². The topological polar surface area (TPSA) is 103 Å². The number of aryl methyl sites for hydroxylation is 1. The molecule has 1 amide bonds. The number of carbonyl (C=O) groups is 1. The third kappa shape index (κ3) is 4.20. The predicted octanol–water partition coefficient (Wildman–Crippen LogP) is 1.41. The van der Waals surface area contributed by atoms with E-state index in [0.717, 1.165) is 38.4 Å². The molecule has 2 aromatic rings. The van der Waals surface area contributed by atoms with Gasteiger partial charge in [0.15, 0.2) is 0 Å². The fraction of sp³-hybridized carbons (Fsp3) is 0.375. The lowest BCUT2D eigenvalue weighted by Gasteiger charge is -2.26. The number of anilines is 1. The number of ether oxygens (including phenoxy) is 1. The summed E-state index contributed by atoms with van der Waals surface area (Å²) in [5, 5.41) is 17.6.